The van der Waals surface area contributed by atoms with Crippen molar-refractivity contribution in [3.63, 3.8) is 0 Å². The molecule has 0 amide bonds. The molecule has 0 bridgehead atoms. The maximum Gasteiger partial charge on any atom is 0.129 e. The molecule has 19 heavy (non-hydrogen) atoms. The van der Waals surface area contributed by atoms with E-state index < -0.39 is 11.6 Å². The van der Waals surface area contributed by atoms with Crippen molar-refractivity contribution in [2.24, 2.45) is 0 Å². The summed E-state index contributed by atoms with van der Waals surface area (Å²) in [5.74, 6) is -0.961. The van der Waals surface area contributed by atoms with Gasteiger partial charge in [0.2, 0.25) is 0 Å². The summed E-state index contributed by atoms with van der Waals surface area (Å²) in [6, 6.07) is 3.96. The molecule has 0 fully saturated rings. The Morgan fingerprint density at radius 1 is 1.26 bits per heavy atom. The van der Waals surface area contributed by atoms with Crippen molar-refractivity contribution in [1.29, 1.82) is 0 Å². The Kier molecular flexibility index (Phi) is 7.30. The van der Waals surface area contributed by atoms with Crippen molar-refractivity contribution in [3.05, 3.63) is 47.0 Å². The van der Waals surface area contributed by atoms with Gasteiger partial charge in [-0.3, -0.25) is 0 Å². The number of rotatable bonds is 8. The van der Waals surface area contributed by atoms with Gasteiger partial charge in [-0.05, 0) is 38.4 Å². The number of ether oxygens (including phenoxy) is 1. The molecule has 0 aliphatic rings. The first-order chi connectivity index (χ1) is 9.15. The number of halogens is 2. The van der Waals surface area contributed by atoms with Gasteiger partial charge in [-0.2, -0.15) is 0 Å². The predicted molar refractivity (Wildman–Crippen MR) is 73.2 cm³/mol. The van der Waals surface area contributed by atoms with Gasteiger partial charge in [0.1, 0.15) is 11.6 Å². The maximum atomic E-state index is 13.4. The minimum absolute atomic E-state index is 0.142. The van der Waals surface area contributed by atoms with Crippen molar-refractivity contribution in [2.75, 3.05) is 26.8 Å². The zero-order valence-corrected chi connectivity index (χ0v) is 11.5. The number of hydrogen-bond donors (Lipinski definition) is 1. The van der Waals surface area contributed by atoms with Gasteiger partial charge in [0.05, 0.1) is 6.61 Å². The first-order valence-electron chi connectivity index (χ1n) is 6.43. The molecule has 0 saturated heterocycles. The van der Waals surface area contributed by atoms with Crippen LogP contribution in [0.2, 0.25) is 0 Å². The van der Waals surface area contributed by atoms with Crippen molar-refractivity contribution >= 4 is 0 Å². The molecule has 106 valence electrons. The third-order valence-corrected chi connectivity index (χ3v) is 2.81. The second-order valence-electron chi connectivity index (χ2n) is 4.46. The topological polar surface area (TPSA) is 21.3 Å². The molecule has 0 aliphatic carbocycles. The van der Waals surface area contributed by atoms with Crippen LogP contribution in [0.5, 0.6) is 0 Å². The molecule has 0 unspecified atom stereocenters. The summed E-state index contributed by atoms with van der Waals surface area (Å²) in [4.78, 5) is 0. The van der Waals surface area contributed by atoms with E-state index in [2.05, 4.69) is 5.32 Å². The molecule has 0 spiro atoms. The van der Waals surface area contributed by atoms with Gasteiger partial charge in [0.25, 0.3) is 0 Å². The fraction of sp³-hybridized carbons (Fsp3) is 0.467. The number of methoxy groups -OCH3 is 1. The minimum atomic E-state index is -0.481. The summed E-state index contributed by atoms with van der Waals surface area (Å²) >= 11 is 0. The van der Waals surface area contributed by atoms with Crippen LogP contribution in [-0.4, -0.2) is 26.8 Å². The number of allylic oxidation sites excluding steroid dienone is 1. The van der Waals surface area contributed by atoms with Crippen LogP contribution in [0.25, 0.3) is 0 Å². The highest BCUT2D eigenvalue weighted by Gasteiger charge is 2.08. The smallest absolute Gasteiger partial charge is 0.129 e. The van der Waals surface area contributed by atoms with Gasteiger partial charge in [-0.1, -0.05) is 17.7 Å². The molecular weight excluding hydrogens is 248 g/mol. The van der Waals surface area contributed by atoms with E-state index in [0.717, 1.165) is 25.1 Å². The zero-order valence-electron chi connectivity index (χ0n) is 11.5. The predicted octanol–water partition coefficient (Wildman–Crippen LogP) is 3.08. The highest BCUT2D eigenvalue weighted by atomic mass is 19.1. The van der Waals surface area contributed by atoms with Gasteiger partial charge in [0.15, 0.2) is 0 Å². The molecule has 2 nitrogen and oxygen atoms in total. The van der Waals surface area contributed by atoms with Crippen molar-refractivity contribution < 1.29 is 13.5 Å². The average Bonchev–Trinajstić information content (AvgIpc) is 2.38. The fourth-order valence-corrected chi connectivity index (χ4v) is 1.77. The van der Waals surface area contributed by atoms with E-state index in [9.17, 15) is 8.78 Å². The number of benzene rings is 1. The molecule has 0 radical (unpaired) electrons. The molecule has 1 aromatic rings. The van der Waals surface area contributed by atoms with Gasteiger partial charge < -0.3 is 10.1 Å². The minimum Gasteiger partial charge on any atom is -0.383 e. The van der Waals surface area contributed by atoms with Crippen LogP contribution in [0.1, 0.15) is 18.9 Å². The lowest BCUT2D eigenvalue weighted by atomic mass is 10.0. The Labute approximate surface area is 113 Å². The first-order valence-corrected chi connectivity index (χ1v) is 6.43. The molecule has 0 saturated carbocycles. The van der Waals surface area contributed by atoms with E-state index in [4.69, 9.17) is 4.74 Å². The lowest BCUT2D eigenvalue weighted by Crippen LogP contribution is -2.19. The van der Waals surface area contributed by atoms with E-state index in [1.54, 1.807) is 7.11 Å². The second-order valence-corrected chi connectivity index (χ2v) is 4.46. The van der Waals surface area contributed by atoms with Gasteiger partial charge in [-0.25, -0.2) is 8.78 Å². The van der Waals surface area contributed by atoms with Crippen LogP contribution in [0.3, 0.4) is 0 Å². The highest BCUT2D eigenvalue weighted by molar-refractivity contribution is 5.24. The van der Waals surface area contributed by atoms with E-state index in [0.29, 0.717) is 13.0 Å². The van der Waals surface area contributed by atoms with Gasteiger partial charge in [-0.15, -0.1) is 0 Å². The van der Waals surface area contributed by atoms with Crippen LogP contribution >= 0.6 is 0 Å². The van der Waals surface area contributed by atoms with Crippen molar-refractivity contribution in [3.8, 4) is 0 Å². The largest absolute Gasteiger partial charge is 0.383 e. The van der Waals surface area contributed by atoms with Crippen molar-refractivity contribution in [2.45, 2.75) is 19.8 Å². The molecule has 0 atom stereocenters. The Bertz CT molecular complexity index is 398. The van der Waals surface area contributed by atoms with Crippen molar-refractivity contribution in [1.82, 2.24) is 5.32 Å². The monoisotopic (exact) mass is 269 g/mol. The van der Waals surface area contributed by atoms with E-state index >= 15 is 0 Å². The number of nitrogens with one attached hydrogen (secondary N) is 1. The van der Waals surface area contributed by atoms with Crippen LogP contribution in [0.4, 0.5) is 8.78 Å². The summed E-state index contributed by atoms with van der Waals surface area (Å²) in [5, 5.41) is 3.21. The second kappa shape index (κ2) is 8.77. The molecule has 1 rings (SSSR count). The Hall–Kier alpha value is -1.26. The summed E-state index contributed by atoms with van der Waals surface area (Å²) in [6.07, 6.45) is 3.16. The quantitative estimate of drug-likeness (QED) is 0.578. The standard InChI is InChI=1S/C15H21F2NO/c1-12(5-4-8-18-9-10-19-2)11-13-14(16)6-3-7-15(13)17/h3,5-7,18H,4,8-11H2,1-2H3/b12-5-. The molecule has 0 aliphatic heterocycles. The fourth-order valence-electron chi connectivity index (χ4n) is 1.77. The molecule has 1 aromatic carbocycles. The lowest BCUT2D eigenvalue weighted by molar-refractivity contribution is 0.199. The molecule has 4 heteroatoms. The third-order valence-electron chi connectivity index (χ3n) is 2.81. The highest BCUT2D eigenvalue weighted by Crippen LogP contribution is 2.16. The Balaban J connectivity index is 2.39. The summed E-state index contributed by atoms with van der Waals surface area (Å²) in [6.45, 7) is 4.22. The van der Waals surface area contributed by atoms with E-state index in [1.165, 1.54) is 18.2 Å². The van der Waals surface area contributed by atoms with Gasteiger partial charge >= 0.3 is 0 Å². The van der Waals surface area contributed by atoms with Crippen LogP contribution in [0.15, 0.2) is 29.8 Å². The maximum absolute atomic E-state index is 13.4. The molecular formula is C15H21F2NO. The first kappa shape index (κ1) is 15.8. The van der Waals surface area contributed by atoms with E-state index in [1.807, 2.05) is 13.0 Å². The van der Waals surface area contributed by atoms with Crippen LogP contribution in [0, 0.1) is 11.6 Å². The molecule has 0 aromatic heterocycles. The average molecular weight is 269 g/mol. The molecule has 1 N–H and O–H groups in total. The zero-order chi connectivity index (χ0) is 14.1. The Morgan fingerprint density at radius 2 is 1.95 bits per heavy atom. The summed E-state index contributed by atoms with van der Waals surface area (Å²) in [5.41, 5.74) is 1.11. The summed E-state index contributed by atoms with van der Waals surface area (Å²) in [7, 11) is 1.66. The van der Waals surface area contributed by atoms with Crippen LogP contribution in [-0.2, 0) is 11.2 Å². The van der Waals surface area contributed by atoms with E-state index in [-0.39, 0.29) is 5.56 Å². The van der Waals surface area contributed by atoms with Gasteiger partial charge in [0, 0.05) is 19.2 Å². The SMILES string of the molecule is COCCNCC/C=C(/C)Cc1c(F)cccc1F. The van der Waals surface area contributed by atoms with Crippen LogP contribution < -0.4 is 5.32 Å². The number of hydrogen-bond acceptors (Lipinski definition) is 2. The lowest BCUT2D eigenvalue weighted by Gasteiger charge is -2.06. The normalized spacial score (nSPS) is 11.9. The third kappa shape index (κ3) is 5.94. The summed E-state index contributed by atoms with van der Waals surface area (Å²) < 4.78 is 31.8. The molecule has 0 heterocycles. The Morgan fingerprint density at radius 3 is 2.58 bits per heavy atom.